The maximum absolute atomic E-state index is 11.8. The second-order valence-corrected chi connectivity index (χ2v) is 4.08. The number of rotatable bonds is 5. The summed E-state index contributed by atoms with van der Waals surface area (Å²) in [4.78, 5) is 15.7. The molecule has 0 aromatic heterocycles. The fourth-order valence-corrected chi connectivity index (χ4v) is 1.53. The highest BCUT2D eigenvalue weighted by molar-refractivity contribution is 5.81. The third-order valence-corrected chi connectivity index (χ3v) is 2.89. The van der Waals surface area contributed by atoms with E-state index in [4.69, 9.17) is 0 Å². The van der Waals surface area contributed by atoms with Crippen molar-refractivity contribution in [2.45, 2.75) is 45.7 Å². The van der Waals surface area contributed by atoms with Crippen LogP contribution in [-0.2, 0) is 4.79 Å². The van der Waals surface area contributed by atoms with Gasteiger partial charge >= 0.3 is 0 Å². The molecule has 2 unspecified atom stereocenters. The molecular weight excluding hydrogens is 176 g/mol. The zero-order chi connectivity index (χ0) is 11.3. The fraction of sp³-hybridized carbons (Fsp3) is 0.909. The van der Waals surface area contributed by atoms with Gasteiger partial charge in [0, 0.05) is 20.1 Å². The van der Waals surface area contributed by atoms with Gasteiger partial charge in [0.2, 0.25) is 5.91 Å². The van der Waals surface area contributed by atoms with Crippen molar-refractivity contribution in [2.24, 2.45) is 0 Å². The summed E-state index contributed by atoms with van der Waals surface area (Å²) >= 11 is 0. The van der Waals surface area contributed by atoms with Crippen LogP contribution in [-0.4, -0.2) is 48.9 Å². The van der Waals surface area contributed by atoms with E-state index in [9.17, 15) is 4.79 Å². The first-order valence-corrected chi connectivity index (χ1v) is 5.38. The van der Waals surface area contributed by atoms with Crippen LogP contribution in [0.4, 0.5) is 0 Å². The van der Waals surface area contributed by atoms with Crippen LogP contribution in [0.25, 0.3) is 0 Å². The lowest BCUT2D eigenvalue weighted by molar-refractivity contribution is -0.134. The van der Waals surface area contributed by atoms with Gasteiger partial charge in [-0.05, 0) is 26.8 Å². The van der Waals surface area contributed by atoms with Crippen molar-refractivity contribution in [2.75, 3.05) is 21.1 Å². The van der Waals surface area contributed by atoms with Gasteiger partial charge in [-0.1, -0.05) is 13.8 Å². The monoisotopic (exact) mass is 200 g/mol. The minimum absolute atomic E-state index is 0.0277. The van der Waals surface area contributed by atoms with Gasteiger partial charge in [0.15, 0.2) is 0 Å². The van der Waals surface area contributed by atoms with Crippen molar-refractivity contribution in [3.63, 3.8) is 0 Å². The highest BCUT2D eigenvalue weighted by Gasteiger charge is 2.25. The predicted octanol–water partition coefficient (Wildman–Crippen LogP) is 1.58. The smallest absolute Gasteiger partial charge is 0.239 e. The lowest BCUT2D eigenvalue weighted by Gasteiger charge is -2.32. The molecule has 0 aromatic rings. The van der Waals surface area contributed by atoms with Gasteiger partial charge < -0.3 is 4.90 Å². The zero-order valence-electron chi connectivity index (χ0n) is 10.4. The van der Waals surface area contributed by atoms with Crippen molar-refractivity contribution in [3.8, 4) is 0 Å². The Kier molecular flexibility index (Phi) is 5.77. The second-order valence-electron chi connectivity index (χ2n) is 4.08. The maximum atomic E-state index is 11.8. The molecule has 0 fully saturated rings. The lowest BCUT2D eigenvalue weighted by Crippen LogP contribution is -2.47. The topological polar surface area (TPSA) is 23.6 Å². The van der Waals surface area contributed by atoms with Crippen LogP contribution in [0.2, 0.25) is 0 Å². The quantitative estimate of drug-likeness (QED) is 0.673. The summed E-state index contributed by atoms with van der Waals surface area (Å²) in [5, 5.41) is 0. The first-order chi connectivity index (χ1) is 6.45. The Morgan fingerprint density at radius 3 is 1.93 bits per heavy atom. The molecule has 0 N–H and O–H groups in total. The molecule has 0 aliphatic carbocycles. The number of carbonyl (C=O) groups excluding carboxylic acids is 1. The van der Waals surface area contributed by atoms with Crippen molar-refractivity contribution in [1.82, 2.24) is 9.80 Å². The Hall–Kier alpha value is -0.570. The highest BCUT2D eigenvalue weighted by atomic mass is 16.2. The molecule has 0 aromatic carbocycles. The van der Waals surface area contributed by atoms with E-state index in [1.165, 1.54) is 0 Å². The first kappa shape index (κ1) is 13.4. The average Bonchev–Trinajstić information content (AvgIpc) is 2.17. The fourth-order valence-electron chi connectivity index (χ4n) is 1.53. The standard InChI is InChI=1S/C11H24N2O/c1-7-9(3)13(6)10(8-2)11(14)12(4)5/h9-10H,7-8H2,1-6H3. The third-order valence-electron chi connectivity index (χ3n) is 2.89. The Morgan fingerprint density at radius 2 is 1.64 bits per heavy atom. The van der Waals surface area contributed by atoms with Crippen molar-refractivity contribution >= 4 is 5.91 Å². The van der Waals surface area contributed by atoms with Crippen LogP contribution in [0.5, 0.6) is 0 Å². The van der Waals surface area contributed by atoms with Crippen molar-refractivity contribution < 1.29 is 4.79 Å². The molecule has 0 saturated heterocycles. The molecule has 0 heterocycles. The molecule has 0 aliphatic rings. The SMILES string of the molecule is CCC(C)N(C)C(CC)C(=O)N(C)C. The Morgan fingerprint density at radius 1 is 1.14 bits per heavy atom. The molecule has 0 spiro atoms. The molecule has 0 rings (SSSR count). The van der Waals surface area contributed by atoms with Gasteiger partial charge in [-0.2, -0.15) is 0 Å². The summed E-state index contributed by atoms with van der Waals surface area (Å²) in [6.07, 6.45) is 1.95. The number of hydrogen-bond donors (Lipinski definition) is 0. The summed E-state index contributed by atoms with van der Waals surface area (Å²) in [6.45, 7) is 6.37. The van der Waals surface area contributed by atoms with E-state index in [-0.39, 0.29) is 11.9 Å². The molecule has 3 nitrogen and oxygen atoms in total. The van der Waals surface area contributed by atoms with Crippen LogP contribution >= 0.6 is 0 Å². The normalized spacial score (nSPS) is 15.4. The van der Waals surface area contributed by atoms with E-state index in [0.717, 1.165) is 12.8 Å². The van der Waals surface area contributed by atoms with Gasteiger partial charge in [-0.15, -0.1) is 0 Å². The number of amides is 1. The zero-order valence-corrected chi connectivity index (χ0v) is 10.4. The molecule has 14 heavy (non-hydrogen) atoms. The van der Waals surface area contributed by atoms with Crippen LogP contribution < -0.4 is 0 Å². The minimum atomic E-state index is 0.0277. The maximum Gasteiger partial charge on any atom is 0.239 e. The van der Waals surface area contributed by atoms with Crippen LogP contribution in [0.1, 0.15) is 33.6 Å². The van der Waals surface area contributed by atoms with Crippen molar-refractivity contribution in [3.05, 3.63) is 0 Å². The Labute approximate surface area is 88.1 Å². The van der Waals surface area contributed by atoms with E-state index in [1.807, 2.05) is 21.1 Å². The van der Waals surface area contributed by atoms with Crippen molar-refractivity contribution in [1.29, 1.82) is 0 Å². The first-order valence-electron chi connectivity index (χ1n) is 5.38. The van der Waals surface area contributed by atoms with E-state index >= 15 is 0 Å². The molecule has 0 bridgehead atoms. The molecule has 1 amide bonds. The summed E-state index contributed by atoms with van der Waals surface area (Å²) in [5.41, 5.74) is 0. The number of hydrogen-bond acceptors (Lipinski definition) is 2. The number of carbonyl (C=O) groups is 1. The summed E-state index contributed by atoms with van der Waals surface area (Å²) < 4.78 is 0. The number of likely N-dealkylation sites (N-methyl/N-ethyl adjacent to an activating group) is 2. The molecular formula is C11H24N2O. The van der Waals surface area contributed by atoms with Gasteiger partial charge in [0.1, 0.15) is 0 Å². The average molecular weight is 200 g/mol. The Balaban J connectivity index is 4.47. The molecule has 0 radical (unpaired) electrons. The van der Waals surface area contributed by atoms with E-state index in [2.05, 4.69) is 25.7 Å². The molecule has 3 heteroatoms. The Bertz CT molecular complexity index is 180. The molecule has 0 saturated carbocycles. The van der Waals surface area contributed by atoms with Gasteiger partial charge in [0.05, 0.1) is 6.04 Å². The predicted molar refractivity (Wildman–Crippen MR) is 60.3 cm³/mol. The summed E-state index contributed by atoms with van der Waals surface area (Å²) in [7, 11) is 5.66. The van der Waals surface area contributed by atoms with Crippen LogP contribution in [0.3, 0.4) is 0 Å². The van der Waals surface area contributed by atoms with Crippen LogP contribution in [0, 0.1) is 0 Å². The van der Waals surface area contributed by atoms with E-state index in [1.54, 1.807) is 4.90 Å². The van der Waals surface area contributed by atoms with Gasteiger partial charge in [0.25, 0.3) is 0 Å². The summed E-state index contributed by atoms with van der Waals surface area (Å²) in [6, 6.07) is 0.490. The third kappa shape index (κ3) is 3.29. The highest BCUT2D eigenvalue weighted by Crippen LogP contribution is 2.10. The lowest BCUT2D eigenvalue weighted by atomic mass is 10.1. The second kappa shape index (κ2) is 6.02. The summed E-state index contributed by atoms with van der Waals surface area (Å²) in [5.74, 6) is 0.204. The number of nitrogens with zero attached hydrogens (tertiary/aromatic N) is 2. The largest absolute Gasteiger partial charge is 0.347 e. The molecule has 84 valence electrons. The van der Waals surface area contributed by atoms with Crippen LogP contribution in [0.15, 0.2) is 0 Å². The van der Waals surface area contributed by atoms with Gasteiger partial charge in [-0.3, -0.25) is 9.69 Å². The minimum Gasteiger partial charge on any atom is -0.347 e. The van der Waals surface area contributed by atoms with E-state index < -0.39 is 0 Å². The van der Waals surface area contributed by atoms with Gasteiger partial charge in [-0.25, -0.2) is 0 Å². The van der Waals surface area contributed by atoms with E-state index in [0.29, 0.717) is 6.04 Å². The molecule has 0 aliphatic heterocycles. The molecule has 2 atom stereocenters.